The molecule has 0 radical (unpaired) electrons. The van der Waals surface area contributed by atoms with E-state index in [1.807, 2.05) is 6.07 Å². The first-order valence-corrected chi connectivity index (χ1v) is 8.67. The van der Waals surface area contributed by atoms with Crippen LogP contribution in [0.4, 0.5) is 0 Å². The smallest absolute Gasteiger partial charge is 0.193 e. The third-order valence-electron chi connectivity index (χ3n) is 3.63. The Labute approximate surface area is 145 Å². The lowest BCUT2D eigenvalue weighted by Gasteiger charge is -2.18. The van der Waals surface area contributed by atoms with Crippen LogP contribution < -0.4 is 0 Å². The van der Waals surface area contributed by atoms with Crippen molar-refractivity contribution < 1.29 is 19.8 Å². The van der Waals surface area contributed by atoms with E-state index in [1.165, 1.54) is 6.92 Å². The van der Waals surface area contributed by atoms with Crippen molar-refractivity contribution in [2.75, 3.05) is 5.75 Å². The quantitative estimate of drug-likeness (QED) is 0.755. The lowest BCUT2D eigenvalue weighted by atomic mass is 9.98. The summed E-state index contributed by atoms with van der Waals surface area (Å²) in [6.45, 7) is 1.47. The molecule has 0 saturated heterocycles. The number of thioether (sulfide) groups is 1. The van der Waals surface area contributed by atoms with Crippen molar-refractivity contribution in [3.8, 4) is 0 Å². The molecular formula is C19H20O4S. The summed E-state index contributed by atoms with van der Waals surface area (Å²) >= 11 is 1.12. The molecule has 0 spiro atoms. The van der Waals surface area contributed by atoms with E-state index in [4.69, 9.17) is 0 Å². The minimum absolute atomic E-state index is 0.0135. The summed E-state index contributed by atoms with van der Waals surface area (Å²) in [4.78, 5) is 23.2. The van der Waals surface area contributed by atoms with Gasteiger partial charge >= 0.3 is 0 Å². The standard InChI is InChI=1S/C19H20O4S/c1-13(20)24-12-11-17(21)19(23)16-9-7-15(8-10-16)18(22)14-5-3-2-4-6-14/h2-10,17,19,21,23H,11-12H2,1H3. The number of carbonyl (C=O) groups excluding carboxylic acids is 2. The SMILES string of the molecule is CC(=O)SCCC(O)C(O)c1ccc(C(=O)c2ccccc2)cc1. The second-order valence-electron chi connectivity index (χ2n) is 5.46. The van der Waals surface area contributed by atoms with Crippen molar-refractivity contribution in [2.45, 2.75) is 25.6 Å². The van der Waals surface area contributed by atoms with E-state index in [0.717, 1.165) is 11.8 Å². The molecule has 2 unspecified atom stereocenters. The zero-order chi connectivity index (χ0) is 17.5. The van der Waals surface area contributed by atoms with Crippen LogP contribution >= 0.6 is 11.8 Å². The Morgan fingerprint density at radius 3 is 2.12 bits per heavy atom. The highest BCUT2D eigenvalue weighted by atomic mass is 32.2. The first-order chi connectivity index (χ1) is 11.5. The maximum atomic E-state index is 12.3. The number of hydrogen-bond acceptors (Lipinski definition) is 5. The van der Waals surface area contributed by atoms with Crippen LogP contribution in [0.3, 0.4) is 0 Å². The molecule has 5 heteroatoms. The molecule has 0 aliphatic carbocycles. The summed E-state index contributed by atoms with van der Waals surface area (Å²) in [7, 11) is 0. The van der Waals surface area contributed by atoms with E-state index in [1.54, 1.807) is 48.5 Å². The molecule has 2 N–H and O–H groups in total. The van der Waals surface area contributed by atoms with Crippen LogP contribution in [0.15, 0.2) is 54.6 Å². The number of carbonyl (C=O) groups is 2. The normalized spacial score (nSPS) is 13.3. The molecule has 0 aliphatic rings. The van der Waals surface area contributed by atoms with Crippen LogP contribution in [0.5, 0.6) is 0 Å². The molecule has 4 nitrogen and oxygen atoms in total. The van der Waals surface area contributed by atoms with Gasteiger partial charge in [-0.3, -0.25) is 9.59 Å². The highest BCUT2D eigenvalue weighted by Gasteiger charge is 2.19. The van der Waals surface area contributed by atoms with Gasteiger partial charge < -0.3 is 10.2 Å². The number of ketones is 1. The Bertz CT molecular complexity index is 682. The number of benzene rings is 2. The predicted molar refractivity (Wildman–Crippen MR) is 95.0 cm³/mol. The van der Waals surface area contributed by atoms with E-state index in [2.05, 4.69) is 0 Å². The summed E-state index contributed by atoms with van der Waals surface area (Å²) in [5.74, 6) is 0.369. The maximum absolute atomic E-state index is 12.3. The number of aliphatic hydroxyl groups excluding tert-OH is 2. The van der Waals surface area contributed by atoms with E-state index in [9.17, 15) is 19.8 Å². The Hall–Kier alpha value is -1.95. The predicted octanol–water partition coefficient (Wildman–Crippen LogP) is 2.98. The van der Waals surface area contributed by atoms with Gasteiger partial charge in [0.25, 0.3) is 0 Å². The molecule has 126 valence electrons. The molecule has 2 aromatic carbocycles. The zero-order valence-corrected chi connectivity index (χ0v) is 14.2. The van der Waals surface area contributed by atoms with Crippen molar-refractivity contribution in [1.82, 2.24) is 0 Å². The van der Waals surface area contributed by atoms with Gasteiger partial charge in [-0.25, -0.2) is 0 Å². The molecule has 2 aromatic rings. The number of rotatable bonds is 7. The molecule has 0 amide bonds. The fourth-order valence-corrected chi connectivity index (χ4v) is 2.94. The van der Waals surface area contributed by atoms with Crippen molar-refractivity contribution >= 4 is 22.7 Å². The minimum Gasteiger partial charge on any atom is -0.390 e. The molecule has 24 heavy (non-hydrogen) atoms. The number of aliphatic hydroxyl groups is 2. The van der Waals surface area contributed by atoms with Crippen LogP contribution in [0, 0.1) is 0 Å². The average molecular weight is 344 g/mol. The van der Waals surface area contributed by atoms with Gasteiger partial charge in [-0.2, -0.15) is 0 Å². The minimum atomic E-state index is -1.04. The summed E-state index contributed by atoms with van der Waals surface area (Å²) in [6.07, 6.45) is -1.68. The Morgan fingerprint density at radius 2 is 1.54 bits per heavy atom. The third kappa shape index (κ3) is 5.03. The second-order valence-corrected chi connectivity index (χ2v) is 6.73. The van der Waals surface area contributed by atoms with Crippen LogP contribution in [-0.2, 0) is 4.79 Å². The van der Waals surface area contributed by atoms with Crippen LogP contribution in [0.25, 0.3) is 0 Å². The molecule has 0 heterocycles. The molecular weight excluding hydrogens is 324 g/mol. The van der Waals surface area contributed by atoms with E-state index in [-0.39, 0.29) is 10.9 Å². The highest BCUT2D eigenvalue weighted by Crippen LogP contribution is 2.22. The van der Waals surface area contributed by atoms with E-state index < -0.39 is 12.2 Å². The summed E-state index contributed by atoms with van der Waals surface area (Å²) < 4.78 is 0. The lowest BCUT2D eigenvalue weighted by molar-refractivity contribution is -0.109. The summed E-state index contributed by atoms with van der Waals surface area (Å²) in [5, 5.41) is 20.2. The van der Waals surface area contributed by atoms with Crippen LogP contribution in [-0.4, -0.2) is 33.0 Å². The van der Waals surface area contributed by atoms with E-state index >= 15 is 0 Å². The molecule has 2 rings (SSSR count). The highest BCUT2D eigenvalue weighted by molar-refractivity contribution is 8.13. The Kier molecular flexibility index (Phi) is 6.73. The largest absolute Gasteiger partial charge is 0.390 e. The zero-order valence-electron chi connectivity index (χ0n) is 13.4. The van der Waals surface area contributed by atoms with Crippen LogP contribution in [0.1, 0.15) is 40.9 Å². The van der Waals surface area contributed by atoms with Gasteiger partial charge in [-0.15, -0.1) is 0 Å². The average Bonchev–Trinajstić information content (AvgIpc) is 2.61. The summed E-state index contributed by atoms with van der Waals surface area (Å²) in [6, 6.07) is 15.5. The first-order valence-electron chi connectivity index (χ1n) is 7.68. The fourth-order valence-electron chi connectivity index (χ4n) is 2.29. The van der Waals surface area contributed by atoms with Crippen molar-refractivity contribution in [2.24, 2.45) is 0 Å². The van der Waals surface area contributed by atoms with Gasteiger partial charge in [0, 0.05) is 23.8 Å². The van der Waals surface area contributed by atoms with Gasteiger partial charge in [0.05, 0.1) is 6.10 Å². The van der Waals surface area contributed by atoms with Crippen molar-refractivity contribution in [3.63, 3.8) is 0 Å². The van der Waals surface area contributed by atoms with E-state index in [0.29, 0.717) is 28.9 Å². The van der Waals surface area contributed by atoms with Gasteiger partial charge in [-0.05, 0) is 12.0 Å². The second kappa shape index (κ2) is 8.78. The van der Waals surface area contributed by atoms with Gasteiger partial charge in [-0.1, -0.05) is 66.4 Å². The third-order valence-corrected chi connectivity index (χ3v) is 4.48. The fraction of sp³-hybridized carbons (Fsp3) is 0.263. The maximum Gasteiger partial charge on any atom is 0.193 e. The van der Waals surface area contributed by atoms with Gasteiger partial charge in [0.2, 0.25) is 0 Å². The Balaban J connectivity index is 2.00. The van der Waals surface area contributed by atoms with Gasteiger partial charge in [0.15, 0.2) is 10.9 Å². The molecule has 0 aliphatic heterocycles. The lowest BCUT2D eigenvalue weighted by Crippen LogP contribution is -2.19. The van der Waals surface area contributed by atoms with Crippen molar-refractivity contribution in [3.05, 3.63) is 71.3 Å². The Morgan fingerprint density at radius 1 is 0.958 bits per heavy atom. The van der Waals surface area contributed by atoms with Crippen LogP contribution in [0.2, 0.25) is 0 Å². The molecule has 0 saturated carbocycles. The first kappa shape index (κ1) is 18.4. The molecule has 0 bridgehead atoms. The van der Waals surface area contributed by atoms with Gasteiger partial charge in [0.1, 0.15) is 6.10 Å². The van der Waals surface area contributed by atoms with Crippen molar-refractivity contribution in [1.29, 1.82) is 0 Å². The molecule has 0 aromatic heterocycles. The monoisotopic (exact) mass is 344 g/mol. The molecule has 0 fully saturated rings. The topological polar surface area (TPSA) is 74.6 Å². The number of hydrogen-bond donors (Lipinski definition) is 2. The molecule has 2 atom stereocenters. The summed E-state index contributed by atoms with van der Waals surface area (Å²) in [5.41, 5.74) is 1.67.